The number of imide groups is 1. The Kier molecular flexibility index (Phi) is 3.61. The lowest BCUT2D eigenvalue weighted by Gasteiger charge is -2.26. The summed E-state index contributed by atoms with van der Waals surface area (Å²) in [5.41, 5.74) is -1.24. The summed E-state index contributed by atoms with van der Waals surface area (Å²) in [6, 6.07) is 2.42. The minimum atomic E-state index is -1.66. The van der Waals surface area contributed by atoms with Crippen molar-refractivity contribution in [3.05, 3.63) is 29.1 Å². The number of urea groups is 1. The Hall–Kier alpha value is -3.08. The van der Waals surface area contributed by atoms with E-state index in [1.165, 1.54) is 11.0 Å². The molecule has 1 aromatic rings. The van der Waals surface area contributed by atoms with E-state index in [1.807, 2.05) is 0 Å². The number of nitrogens with one attached hydrogen (secondary N) is 2. The first-order valence-corrected chi connectivity index (χ1v) is 8.28. The molecule has 8 heteroatoms. The molecular formula is C18H16FN3O4. The van der Waals surface area contributed by atoms with Crippen molar-refractivity contribution in [3.63, 3.8) is 0 Å². The summed E-state index contributed by atoms with van der Waals surface area (Å²) >= 11 is 0. The third-order valence-electron chi connectivity index (χ3n) is 4.84. The van der Waals surface area contributed by atoms with Gasteiger partial charge in [0.2, 0.25) is 0 Å². The molecule has 26 heavy (non-hydrogen) atoms. The second-order valence-electron chi connectivity index (χ2n) is 6.79. The molecule has 2 heterocycles. The van der Waals surface area contributed by atoms with Crippen molar-refractivity contribution < 1.29 is 23.5 Å². The molecule has 0 unspecified atom stereocenters. The summed E-state index contributed by atoms with van der Waals surface area (Å²) in [7, 11) is 0. The molecule has 0 spiro atoms. The van der Waals surface area contributed by atoms with Gasteiger partial charge in [0, 0.05) is 6.54 Å². The van der Waals surface area contributed by atoms with E-state index in [1.54, 1.807) is 6.07 Å². The topological polar surface area (TPSA) is 87.7 Å². The van der Waals surface area contributed by atoms with E-state index >= 15 is 0 Å². The lowest BCUT2D eigenvalue weighted by molar-refractivity contribution is -0.122. The van der Waals surface area contributed by atoms with Gasteiger partial charge in [-0.3, -0.25) is 14.9 Å². The normalized spacial score (nSPS) is 24.2. The summed E-state index contributed by atoms with van der Waals surface area (Å²) < 4.78 is 20.2. The van der Waals surface area contributed by atoms with Gasteiger partial charge in [0.15, 0.2) is 17.1 Å². The molecule has 0 bridgehead atoms. The van der Waals surface area contributed by atoms with Crippen LogP contribution in [0.5, 0.6) is 5.75 Å². The maximum atomic E-state index is 14.7. The molecule has 1 saturated heterocycles. The highest BCUT2D eigenvalue weighted by Crippen LogP contribution is 2.34. The fourth-order valence-electron chi connectivity index (χ4n) is 3.16. The summed E-state index contributed by atoms with van der Waals surface area (Å²) in [4.78, 5) is 37.4. The van der Waals surface area contributed by atoms with Crippen molar-refractivity contribution >= 4 is 17.8 Å². The number of benzene rings is 1. The molecule has 2 fully saturated rings. The molecule has 4 amide bonds. The molecule has 4 rings (SSSR count). The Balaban J connectivity index is 1.56. The van der Waals surface area contributed by atoms with Crippen LogP contribution in [0.25, 0.3) is 0 Å². The molecule has 3 aliphatic rings. The van der Waals surface area contributed by atoms with Gasteiger partial charge < -0.3 is 15.0 Å². The number of carbonyl (C=O) groups is 3. The van der Waals surface area contributed by atoms with Gasteiger partial charge in [-0.05, 0) is 30.4 Å². The Bertz CT molecular complexity index is 874. The SMILES string of the molecule is C#C[C@]1(CN2Cc3ccc(OCC4CC4)c(F)c3C2=O)NC(=O)NC1=O. The minimum Gasteiger partial charge on any atom is -0.490 e. The number of terminal acetylenes is 1. The fourth-order valence-corrected chi connectivity index (χ4v) is 3.16. The van der Waals surface area contributed by atoms with Crippen LogP contribution in [-0.4, -0.2) is 41.4 Å². The monoisotopic (exact) mass is 357 g/mol. The van der Waals surface area contributed by atoms with Crippen molar-refractivity contribution in [2.45, 2.75) is 24.9 Å². The highest BCUT2D eigenvalue weighted by atomic mass is 19.1. The van der Waals surface area contributed by atoms with Gasteiger partial charge >= 0.3 is 6.03 Å². The number of halogens is 1. The first-order valence-electron chi connectivity index (χ1n) is 8.28. The second-order valence-corrected chi connectivity index (χ2v) is 6.79. The van der Waals surface area contributed by atoms with Gasteiger partial charge in [-0.15, -0.1) is 6.42 Å². The second kappa shape index (κ2) is 5.73. The van der Waals surface area contributed by atoms with Crippen LogP contribution >= 0.6 is 0 Å². The summed E-state index contributed by atoms with van der Waals surface area (Å²) in [6.07, 6.45) is 7.56. The first-order chi connectivity index (χ1) is 12.4. The molecule has 2 N–H and O–H groups in total. The molecule has 0 aromatic heterocycles. The number of fused-ring (bicyclic) bond motifs is 1. The molecule has 0 radical (unpaired) electrons. The molecule has 1 saturated carbocycles. The molecule has 7 nitrogen and oxygen atoms in total. The van der Waals surface area contributed by atoms with Gasteiger partial charge in [0.1, 0.15) is 0 Å². The summed E-state index contributed by atoms with van der Waals surface area (Å²) in [5, 5.41) is 4.42. The van der Waals surface area contributed by atoms with E-state index in [9.17, 15) is 18.8 Å². The van der Waals surface area contributed by atoms with E-state index < -0.39 is 29.2 Å². The Morgan fingerprint density at radius 2 is 2.12 bits per heavy atom. The summed E-state index contributed by atoms with van der Waals surface area (Å²) in [6.45, 7) is 0.285. The van der Waals surface area contributed by atoms with E-state index in [-0.39, 0.29) is 24.4 Å². The molecule has 2 aliphatic heterocycles. The van der Waals surface area contributed by atoms with Crippen LogP contribution in [-0.2, 0) is 11.3 Å². The van der Waals surface area contributed by atoms with Crippen molar-refractivity contribution in [3.8, 4) is 18.1 Å². The number of ether oxygens (including phenoxy) is 1. The number of carbonyl (C=O) groups excluding carboxylic acids is 3. The van der Waals surface area contributed by atoms with E-state index in [4.69, 9.17) is 11.2 Å². The van der Waals surface area contributed by atoms with E-state index in [0.717, 1.165) is 12.8 Å². The predicted molar refractivity (Wildman–Crippen MR) is 87.6 cm³/mol. The van der Waals surface area contributed by atoms with Gasteiger partial charge in [0.25, 0.3) is 11.8 Å². The maximum absolute atomic E-state index is 14.7. The van der Waals surface area contributed by atoms with Gasteiger partial charge in [0.05, 0.1) is 18.7 Å². The van der Waals surface area contributed by atoms with Crippen LogP contribution < -0.4 is 15.4 Å². The van der Waals surface area contributed by atoms with Gasteiger partial charge in [-0.2, -0.15) is 0 Å². The molecule has 1 aromatic carbocycles. The number of hydrogen-bond donors (Lipinski definition) is 2. The largest absolute Gasteiger partial charge is 0.490 e. The maximum Gasteiger partial charge on any atom is 0.323 e. The smallest absolute Gasteiger partial charge is 0.323 e. The zero-order valence-electron chi connectivity index (χ0n) is 13.8. The van der Waals surface area contributed by atoms with Crippen molar-refractivity contribution in [1.29, 1.82) is 0 Å². The van der Waals surface area contributed by atoms with Crippen molar-refractivity contribution in [2.24, 2.45) is 5.92 Å². The molecule has 134 valence electrons. The third kappa shape index (κ3) is 2.56. The highest BCUT2D eigenvalue weighted by molar-refractivity contribution is 6.10. The highest BCUT2D eigenvalue weighted by Gasteiger charge is 2.48. The molecule has 1 atom stereocenters. The van der Waals surface area contributed by atoms with Crippen LogP contribution in [0.1, 0.15) is 28.8 Å². The summed E-state index contributed by atoms with van der Waals surface area (Å²) in [5.74, 6) is 0.746. The molecule has 1 aliphatic carbocycles. The lowest BCUT2D eigenvalue weighted by atomic mass is 10.0. The number of amides is 4. The number of rotatable bonds is 5. The third-order valence-corrected chi connectivity index (χ3v) is 4.84. The average molecular weight is 357 g/mol. The minimum absolute atomic E-state index is 0.0458. The van der Waals surface area contributed by atoms with Crippen molar-refractivity contribution in [2.75, 3.05) is 13.2 Å². The van der Waals surface area contributed by atoms with Crippen LogP contribution in [0.15, 0.2) is 12.1 Å². The average Bonchev–Trinajstić information content (AvgIpc) is 3.32. The zero-order valence-corrected chi connectivity index (χ0v) is 13.8. The van der Waals surface area contributed by atoms with Crippen LogP contribution in [0, 0.1) is 24.1 Å². The lowest BCUT2D eigenvalue weighted by Crippen LogP contribution is -2.54. The van der Waals surface area contributed by atoms with Gasteiger partial charge in [-0.1, -0.05) is 12.0 Å². The Morgan fingerprint density at radius 3 is 2.73 bits per heavy atom. The van der Waals surface area contributed by atoms with Gasteiger partial charge in [-0.25, -0.2) is 9.18 Å². The number of nitrogens with zero attached hydrogens (tertiary/aromatic N) is 1. The molecular weight excluding hydrogens is 341 g/mol. The van der Waals surface area contributed by atoms with Crippen molar-refractivity contribution in [1.82, 2.24) is 15.5 Å². The Labute approximate surface area is 148 Å². The fraction of sp³-hybridized carbons (Fsp3) is 0.389. The number of hydrogen-bond acceptors (Lipinski definition) is 4. The quantitative estimate of drug-likeness (QED) is 0.602. The van der Waals surface area contributed by atoms with E-state index in [0.29, 0.717) is 18.1 Å². The zero-order chi connectivity index (χ0) is 18.5. The Morgan fingerprint density at radius 1 is 1.35 bits per heavy atom. The van der Waals surface area contributed by atoms with E-state index in [2.05, 4.69) is 16.6 Å². The standard InChI is InChI=1S/C18H16FN3O4/c1-2-18(16(24)20-17(25)21-18)9-22-7-11-5-6-12(26-8-10-3-4-10)14(19)13(11)15(22)23/h1,5-6,10H,3-4,7-9H2,(H2,20,21,24,25)/t18-/m1/s1. The van der Waals surface area contributed by atoms with Crippen LogP contribution in [0.2, 0.25) is 0 Å². The van der Waals surface area contributed by atoms with Crippen LogP contribution in [0.4, 0.5) is 9.18 Å². The first kappa shape index (κ1) is 16.4. The predicted octanol–water partition coefficient (Wildman–Crippen LogP) is 0.782. The van der Waals surface area contributed by atoms with Crippen LogP contribution in [0.3, 0.4) is 0 Å².